The molecule has 5 heteroatoms. The van der Waals surface area contributed by atoms with E-state index < -0.39 is 24.6 Å². The molecule has 0 aromatic heterocycles. The average Bonchev–Trinajstić information content (AvgIpc) is 2.82. The van der Waals surface area contributed by atoms with Crippen LogP contribution in [0.5, 0.6) is 0 Å². The fraction of sp³-hybridized carbons (Fsp3) is 1.00. The molecule has 1 rings (SSSR count). The highest BCUT2D eigenvalue weighted by molar-refractivity contribution is 4.81. The Morgan fingerprint density at radius 2 is 1.18 bits per heavy atom. The molecule has 0 amide bonds. The molecule has 3 N–H and O–H groups in total. The van der Waals surface area contributed by atoms with Crippen LogP contribution in [0.1, 0.15) is 136 Å². The van der Waals surface area contributed by atoms with Gasteiger partial charge in [-0.2, -0.15) is 0 Å². The number of hydrogen-bond donors (Lipinski definition) is 3. The number of rotatable bonds is 22. The van der Waals surface area contributed by atoms with E-state index in [0.717, 1.165) is 12.8 Å². The molecule has 0 aromatic carbocycles. The third-order valence-electron chi connectivity index (χ3n) is 7.14. The summed E-state index contributed by atoms with van der Waals surface area (Å²) in [5, 5.41) is 29.7. The van der Waals surface area contributed by atoms with Gasteiger partial charge in [0.15, 0.2) is 6.29 Å². The molecule has 1 saturated heterocycles. The average molecular weight is 473 g/mol. The van der Waals surface area contributed by atoms with Crippen molar-refractivity contribution in [2.75, 3.05) is 13.2 Å². The van der Waals surface area contributed by atoms with Crippen LogP contribution in [-0.2, 0) is 9.47 Å². The highest BCUT2D eigenvalue weighted by atomic mass is 16.7. The van der Waals surface area contributed by atoms with E-state index in [1.807, 2.05) is 0 Å². The van der Waals surface area contributed by atoms with Crippen LogP contribution >= 0.6 is 0 Å². The molecule has 5 nitrogen and oxygen atoms in total. The topological polar surface area (TPSA) is 79.2 Å². The summed E-state index contributed by atoms with van der Waals surface area (Å²) in [6.07, 6.45) is 20.5. The molecule has 33 heavy (non-hydrogen) atoms. The summed E-state index contributed by atoms with van der Waals surface area (Å²) in [5.74, 6) is 0.465. The molecule has 1 aliphatic heterocycles. The van der Waals surface area contributed by atoms with Gasteiger partial charge >= 0.3 is 0 Å². The molecule has 198 valence electrons. The SMILES string of the molecule is CCCCCCCCCCCCC(CCCCCCCC)COC1OC(CO)CC(O)C1O. The van der Waals surface area contributed by atoms with Gasteiger partial charge in [0.25, 0.3) is 0 Å². The molecule has 1 aliphatic rings. The Kier molecular flexibility index (Phi) is 19.7. The Labute approximate surface area is 204 Å². The van der Waals surface area contributed by atoms with Crippen molar-refractivity contribution in [3.05, 3.63) is 0 Å². The molecule has 0 aliphatic carbocycles. The van der Waals surface area contributed by atoms with Gasteiger partial charge in [-0.3, -0.25) is 0 Å². The Balaban J connectivity index is 2.30. The summed E-state index contributed by atoms with van der Waals surface area (Å²) in [6, 6.07) is 0. The van der Waals surface area contributed by atoms with Gasteiger partial charge in [0.1, 0.15) is 6.10 Å². The van der Waals surface area contributed by atoms with E-state index in [1.54, 1.807) is 0 Å². The van der Waals surface area contributed by atoms with E-state index >= 15 is 0 Å². The third-order valence-corrected chi connectivity index (χ3v) is 7.14. The van der Waals surface area contributed by atoms with Crippen LogP contribution in [0.3, 0.4) is 0 Å². The Morgan fingerprint density at radius 1 is 0.727 bits per heavy atom. The molecule has 0 bridgehead atoms. The minimum Gasteiger partial charge on any atom is -0.394 e. The number of ether oxygens (including phenoxy) is 2. The van der Waals surface area contributed by atoms with Gasteiger partial charge in [-0.15, -0.1) is 0 Å². The van der Waals surface area contributed by atoms with Crippen LogP contribution in [0, 0.1) is 5.92 Å². The normalized spacial score (nSPS) is 24.3. The van der Waals surface area contributed by atoms with Crippen LogP contribution in [0.15, 0.2) is 0 Å². The number of hydrogen-bond acceptors (Lipinski definition) is 5. The summed E-state index contributed by atoms with van der Waals surface area (Å²) in [5.41, 5.74) is 0. The Morgan fingerprint density at radius 3 is 1.64 bits per heavy atom. The van der Waals surface area contributed by atoms with Gasteiger partial charge in [0.05, 0.1) is 25.4 Å². The highest BCUT2D eigenvalue weighted by Crippen LogP contribution is 2.25. The molecule has 0 spiro atoms. The second-order valence-electron chi connectivity index (χ2n) is 10.3. The van der Waals surface area contributed by atoms with Crippen molar-refractivity contribution >= 4 is 0 Å². The fourth-order valence-corrected chi connectivity index (χ4v) is 4.85. The molecular weight excluding hydrogens is 416 g/mol. The first-order chi connectivity index (χ1) is 16.1. The van der Waals surface area contributed by atoms with Crippen LogP contribution in [0.2, 0.25) is 0 Å². The van der Waals surface area contributed by atoms with Crippen molar-refractivity contribution in [1.82, 2.24) is 0 Å². The van der Waals surface area contributed by atoms with E-state index in [-0.39, 0.29) is 13.0 Å². The summed E-state index contributed by atoms with van der Waals surface area (Å²) in [7, 11) is 0. The van der Waals surface area contributed by atoms with Gasteiger partial charge in [0.2, 0.25) is 0 Å². The van der Waals surface area contributed by atoms with Gasteiger partial charge in [-0.05, 0) is 18.8 Å². The maximum atomic E-state index is 10.2. The second kappa shape index (κ2) is 21.1. The third kappa shape index (κ3) is 15.4. The summed E-state index contributed by atoms with van der Waals surface area (Å²) >= 11 is 0. The smallest absolute Gasteiger partial charge is 0.186 e. The minimum absolute atomic E-state index is 0.163. The van der Waals surface area contributed by atoms with Gasteiger partial charge in [-0.25, -0.2) is 0 Å². The molecule has 5 atom stereocenters. The van der Waals surface area contributed by atoms with E-state index in [2.05, 4.69) is 13.8 Å². The van der Waals surface area contributed by atoms with Crippen LogP contribution in [0.4, 0.5) is 0 Å². The van der Waals surface area contributed by atoms with Crippen molar-refractivity contribution in [2.45, 2.75) is 160 Å². The number of aliphatic hydroxyl groups excluding tert-OH is 3. The zero-order chi connectivity index (χ0) is 24.2. The second-order valence-corrected chi connectivity index (χ2v) is 10.3. The van der Waals surface area contributed by atoms with E-state index in [4.69, 9.17) is 9.47 Å². The van der Waals surface area contributed by atoms with Crippen LogP contribution in [0.25, 0.3) is 0 Å². The highest BCUT2D eigenvalue weighted by Gasteiger charge is 2.37. The molecular formula is C28H56O5. The zero-order valence-electron chi connectivity index (χ0n) is 21.9. The largest absolute Gasteiger partial charge is 0.394 e. The lowest BCUT2D eigenvalue weighted by Crippen LogP contribution is -2.50. The first-order valence-electron chi connectivity index (χ1n) is 14.4. The predicted molar refractivity (Wildman–Crippen MR) is 136 cm³/mol. The quantitative estimate of drug-likeness (QED) is 0.157. The predicted octanol–water partition coefficient (Wildman–Crippen LogP) is 6.51. The van der Waals surface area contributed by atoms with Crippen molar-refractivity contribution in [3.8, 4) is 0 Å². The van der Waals surface area contributed by atoms with Crippen molar-refractivity contribution in [2.24, 2.45) is 5.92 Å². The fourth-order valence-electron chi connectivity index (χ4n) is 4.85. The van der Waals surface area contributed by atoms with Crippen molar-refractivity contribution in [3.63, 3.8) is 0 Å². The number of unbranched alkanes of at least 4 members (excludes halogenated alkanes) is 14. The lowest BCUT2D eigenvalue weighted by molar-refractivity contribution is -0.274. The first-order valence-corrected chi connectivity index (χ1v) is 14.4. The Hall–Kier alpha value is -0.200. The van der Waals surface area contributed by atoms with Gasteiger partial charge in [-0.1, -0.05) is 117 Å². The van der Waals surface area contributed by atoms with Crippen molar-refractivity contribution < 1.29 is 24.8 Å². The summed E-state index contributed by atoms with van der Waals surface area (Å²) < 4.78 is 11.6. The maximum Gasteiger partial charge on any atom is 0.186 e. The molecule has 1 fully saturated rings. The van der Waals surface area contributed by atoms with E-state index in [0.29, 0.717) is 12.5 Å². The monoisotopic (exact) mass is 472 g/mol. The minimum atomic E-state index is -1.04. The molecule has 0 aromatic rings. The molecule has 1 heterocycles. The zero-order valence-corrected chi connectivity index (χ0v) is 21.9. The maximum absolute atomic E-state index is 10.2. The van der Waals surface area contributed by atoms with Crippen LogP contribution in [-0.4, -0.2) is 53.1 Å². The molecule has 5 unspecified atom stereocenters. The molecule has 0 radical (unpaired) electrons. The standard InChI is InChI=1S/C28H56O5/c1-3-5-7-9-11-12-13-14-16-18-20-24(19-17-15-10-8-6-4-2)23-32-28-27(31)26(30)21-25(22-29)33-28/h24-31H,3-23H2,1-2H3. The lowest BCUT2D eigenvalue weighted by atomic mass is 9.94. The molecule has 0 saturated carbocycles. The van der Waals surface area contributed by atoms with Crippen molar-refractivity contribution in [1.29, 1.82) is 0 Å². The first kappa shape index (κ1) is 30.8. The Bertz CT molecular complexity index is 419. The summed E-state index contributed by atoms with van der Waals surface area (Å²) in [4.78, 5) is 0. The lowest BCUT2D eigenvalue weighted by Gasteiger charge is -2.36. The van der Waals surface area contributed by atoms with Gasteiger partial charge in [0, 0.05) is 6.42 Å². The van der Waals surface area contributed by atoms with Crippen LogP contribution < -0.4 is 0 Å². The van der Waals surface area contributed by atoms with Gasteiger partial charge < -0.3 is 24.8 Å². The number of aliphatic hydroxyl groups is 3. The summed E-state index contributed by atoms with van der Waals surface area (Å²) in [6.45, 7) is 4.91. The van der Waals surface area contributed by atoms with E-state index in [1.165, 1.54) is 103 Å². The van der Waals surface area contributed by atoms with E-state index in [9.17, 15) is 15.3 Å².